The van der Waals surface area contributed by atoms with Crippen LogP contribution in [-0.4, -0.2) is 38.5 Å². The SMILES string of the molecule is O=C(NCC1(c2ccc(Cl)cc2)CC1)NC1CCS(=O)(=O)C1. The average Bonchev–Trinajstić information content (AvgIpc) is 3.17. The molecule has 3 rings (SSSR count). The molecule has 0 radical (unpaired) electrons. The van der Waals surface area contributed by atoms with E-state index in [9.17, 15) is 13.2 Å². The van der Waals surface area contributed by atoms with Crippen LogP contribution in [0.15, 0.2) is 24.3 Å². The van der Waals surface area contributed by atoms with Crippen LogP contribution in [-0.2, 0) is 15.3 Å². The average molecular weight is 343 g/mol. The number of benzene rings is 1. The van der Waals surface area contributed by atoms with Gasteiger partial charge < -0.3 is 10.6 Å². The van der Waals surface area contributed by atoms with Crippen LogP contribution in [0.1, 0.15) is 24.8 Å². The fraction of sp³-hybridized carbons (Fsp3) is 0.533. The molecule has 22 heavy (non-hydrogen) atoms. The predicted molar refractivity (Wildman–Crippen MR) is 86.0 cm³/mol. The third kappa shape index (κ3) is 3.55. The van der Waals surface area contributed by atoms with Gasteiger partial charge in [-0.1, -0.05) is 23.7 Å². The number of hydrogen-bond donors (Lipinski definition) is 2. The molecule has 2 N–H and O–H groups in total. The standard InChI is InChI=1S/C15H19ClN2O3S/c16-12-3-1-11(2-4-12)15(6-7-15)10-17-14(19)18-13-5-8-22(20,21)9-13/h1-4,13H,5-10H2,(H2,17,18,19). The Bertz CT molecular complexity index is 669. The minimum Gasteiger partial charge on any atom is -0.337 e. The first-order chi connectivity index (χ1) is 10.4. The summed E-state index contributed by atoms with van der Waals surface area (Å²) in [6, 6.07) is 7.16. The second-order valence-corrected chi connectivity index (χ2v) is 8.88. The maximum absolute atomic E-state index is 11.9. The predicted octanol–water partition coefficient (Wildman–Crippen LogP) is 1.86. The molecule has 2 fully saturated rings. The van der Waals surface area contributed by atoms with Gasteiger partial charge in [0.2, 0.25) is 0 Å². The number of carbonyl (C=O) groups excluding carboxylic acids is 1. The second-order valence-electron chi connectivity index (χ2n) is 6.21. The zero-order valence-electron chi connectivity index (χ0n) is 12.1. The van der Waals surface area contributed by atoms with Gasteiger partial charge in [-0.3, -0.25) is 0 Å². The molecule has 120 valence electrons. The molecular formula is C15H19ClN2O3S. The van der Waals surface area contributed by atoms with Crippen molar-refractivity contribution in [2.75, 3.05) is 18.1 Å². The Hall–Kier alpha value is -1.27. The minimum atomic E-state index is -2.97. The van der Waals surface area contributed by atoms with Gasteiger partial charge in [-0.15, -0.1) is 0 Å². The molecule has 2 aliphatic rings. The van der Waals surface area contributed by atoms with Gasteiger partial charge in [0.25, 0.3) is 0 Å². The van der Waals surface area contributed by atoms with Crippen LogP contribution < -0.4 is 10.6 Å². The number of amides is 2. The van der Waals surface area contributed by atoms with Gasteiger partial charge >= 0.3 is 6.03 Å². The van der Waals surface area contributed by atoms with Crippen LogP contribution in [0.3, 0.4) is 0 Å². The van der Waals surface area contributed by atoms with E-state index >= 15 is 0 Å². The highest BCUT2D eigenvalue weighted by atomic mass is 35.5. The molecule has 5 nitrogen and oxygen atoms in total. The summed E-state index contributed by atoms with van der Waals surface area (Å²) in [6.07, 6.45) is 2.57. The van der Waals surface area contributed by atoms with Gasteiger partial charge in [0.1, 0.15) is 0 Å². The highest BCUT2D eigenvalue weighted by molar-refractivity contribution is 7.91. The summed E-state index contributed by atoms with van der Waals surface area (Å²) in [7, 11) is -2.97. The Morgan fingerprint density at radius 1 is 1.27 bits per heavy atom. The topological polar surface area (TPSA) is 75.3 Å². The lowest BCUT2D eigenvalue weighted by atomic mass is 9.96. The fourth-order valence-electron chi connectivity index (χ4n) is 2.92. The first-order valence-corrected chi connectivity index (χ1v) is 9.59. The largest absolute Gasteiger partial charge is 0.337 e. The van der Waals surface area contributed by atoms with Gasteiger partial charge in [0, 0.05) is 23.0 Å². The Morgan fingerprint density at radius 3 is 2.50 bits per heavy atom. The Labute approximate surface area is 135 Å². The summed E-state index contributed by atoms with van der Waals surface area (Å²) in [6.45, 7) is 0.555. The summed E-state index contributed by atoms with van der Waals surface area (Å²) in [5, 5.41) is 6.32. The summed E-state index contributed by atoms with van der Waals surface area (Å²) >= 11 is 5.90. The second kappa shape index (κ2) is 5.74. The minimum absolute atomic E-state index is 0.00365. The lowest BCUT2D eigenvalue weighted by molar-refractivity contribution is 0.237. The van der Waals surface area contributed by atoms with Gasteiger partial charge in [-0.05, 0) is 37.0 Å². The van der Waals surface area contributed by atoms with Crippen molar-refractivity contribution in [3.63, 3.8) is 0 Å². The van der Waals surface area contributed by atoms with Crippen LogP contribution in [0.25, 0.3) is 0 Å². The molecule has 1 unspecified atom stereocenters. The third-order valence-corrected chi connectivity index (χ3v) is 6.49. The first kappa shape index (κ1) is 15.6. The number of hydrogen-bond acceptors (Lipinski definition) is 3. The zero-order chi connectivity index (χ0) is 15.8. The first-order valence-electron chi connectivity index (χ1n) is 7.39. The summed E-state index contributed by atoms with van der Waals surface area (Å²) in [5.74, 6) is 0.204. The van der Waals surface area contributed by atoms with E-state index in [0.717, 1.165) is 12.8 Å². The van der Waals surface area contributed by atoms with Crippen LogP contribution in [0, 0.1) is 0 Å². The van der Waals surface area contributed by atoms with Crippen molar-refractivity contribution in [3.05, 3.63) is 34.9 Å². The van der Waals surface area contributed by atoms with Gasteiger partial charge in [-0.2, -0.15) is 0 Å². The monoisotopic (exact) mass is 342 g/mol. The van der Waals surface area contributed by atoms with Crippen molar-refractivity contribution in [3.8, 4) is 0 Å². The number of nitrogens with one attached hydrogen (secondary N) is 2. The van der Waals surface area contributed by atoms with Gasteiger partial charge in [-0.25, -0.2) is 13.2 Å². The Balaban J connectivity index is 1.52. The van der Waals surface area contributed by atoms with E-state index in [1.54, 1.807) is 0 Å². The molecule has 1 aliphatic heterocycles. The number of carbonyl (C=O) groups is 1. The van der Waals surface area contributed by atoms with Crippen molar-refractivity contribution >= 4 is 27.5 Å². The summed E-state index contributed by atoms with van der Waals surface area (Å²) in [5.41, 5.74) is 1.18. The highest BCUT2D eigenvalue weighted by Gasteiger charge is 2.44. The normalized spacial score (nSPS) is 24.7. The fourth-order valence-corrected chi connectivity index (χ4v) is 4.72. The summed E-state index contributed by atoms with van der Waals surface area (Å²) in [4.78, 5) is 11.9. The van der Waals surface area contributed by atoms with E-state index < -0.39 is 9.84 Å². The van der Waals surface area contributed by atoms with Crippen LogP contribution in [0.4, 0.5) is 4.79 Å². The Morgan fingerprint density at radius 2 is 1.95 bits per heavy atom. The number of sulfone groups is 1. The van der Waals surface area contributed by atoms with Crippen LogP contribution >= 0.6 is 11.6 Å². The molecule has 0 bridgehead atoms. The van der Waals surface area contributed by atoms with E-state index in [1.165, 1.54) is 5.56 Å². The van der Waals surface area contributed by atoms with E-state index in [0.29, 0.717) is 18.0 Å². The lowest BCUT2D eigenvalue weighted by Crippen LogP contribution is -2.45. The number of rotatable bonds is 4. The molecule has 1 saturated carbocycles. The van der Waals surface area contributed by atoms with E-state index in [2.05, 4.69) is 10.6 Å². The van der Waals surface area contributed by atoms with Crippen LogP contribution in [0.2, 0.25) is 5.02 Å². The lowest BCUT2D eigenvalue weighted by Gasteiger charge is -2.18. The molecule has 1 aromatic carbocycles. The molecule has 1 atom stereocenters. The summed E-state index contributed by atoms with van der Waals surface area (Å²) < 4.78 is 22.8. The highest BCUT2D eigenvalue weighted by Crippen LogP contribution is 2.47. The smallest absolute Gasteiger partial charge is 0.315 e. The molecule has 1 aromatic rings. The van der Waals surface area contributed by atoms with Crippen molar-refractivity contribution in [1.29, 1.82) is 0 Å². The maximum Gasteiger partial charge on any atom is 0.315 e. The van der Waals surface area contributed by atoms with Crippen molar-refractivity contribution in [2.24, 2.45) is 0 Å². The van der Waals surface area contributed by atoms with Crippen molar-refractivity contribution < 1.29 is 13.2 Å². The van der Waals surface area contributed by atoms with Gasteiger partial charge in [0.05, 0.1) is 11.5 Å². The third-order valence-electron chi connectivity index (χ3n) is 4.47. The molecule has 1 saturated heterocycles. The molecule has 2 amide bonds. The molecule has 7 heteroatoms. The zero-order valence-corrected chi connectivity index (χ0v) is 13.7. The molecule has 0 aromatic heterocycles. The number of urea groups is 1. The maximum atomic E-state index is 11.9. The molecule has 0 spiro atoms. The van der Waals surface area contributed by atoms with Crippen LogP contribution in [0.5, 0.6) is 0 Å². The van der Waals surface area contributed by atoms with E-state index in [1.807, 2.05) is 24.3 Å². The quantitative estimate of drug-likeness (QED) is 0.877. The number of halogens is 1. The molecule has 1 aliphatic carbocycles. The van der Waals surface area contributed by atoms with E-state index in [4.69, 9.17) is 11.6 Å². The Kier molecular flexibility index (Phi) is 4.07. The van der Waals surface area contributed by atoms with Gasteiger partial charge in [0.15, 0.2) is 9.84 Å². The molecular weight excluding hydrogens is 324 g/mol. The van der Waals surface area contributed by atoms with E-state index in [-0.39, 0.29) is 29.0 Å². The molecule has 1 heterocycles. The van der Waals surface area contributed by atoms with Crippen molar-refractivity contribution in [1.82, 2.24) is 10.6 Å². The van der Waals surface area contributed by atoms with Crippen molar-refractivity contribution in [2.45, 2.75) is 30.7 Å².